The first-order valence-electron chi connectivity index (χ1n) is 6.98. The maximum Gasteiger partial charge on any atom is 0.220 e. The summed E-state index contributed by atoms with van der Waals surface area (Å²) < 4.78 is 25.4. The van der Waals surface area contributed by atoms with E-state index < -0.39 is 10.0 Å². The van der Waals surface area contributed by atoms with Crippen LogP contribution in [0.25, 0.3) is 0 Å². The van der Waals surface area contributed by atoms with Crippen molar-refractivity contribution in [1.29, 1.82) is 0 Å². The van der Waals surface area contributed by atoms with Gasteiger partial charge in [-0.15, -0.1) is 0 Å². The summed E-state index contributed by atoms with van der Waals surface area (Å²) in [5, 5.41) is 0. The molecule has 1 atom stereocenters. The summed E-state index contributed by atoms with van der Waals surface area (Å²) in [5.41, 5.74) is 1.27. The largest absolute Gasteiger partial charge is 0.334 e. The number of nitrogens with zero attached hydrogens (tertiary/aromatic N) is 3. The number of hydrogen-bond acceptors (Lipinski definition) is 5. The SMILES string of the molecule is CCS(=O)(=O)NCc1cncc(C2CCCN2C(C)=O)n1. The second-order valence-electron chi connectivity index (χ2n) is 5.03. The van der Waals surface area contributed by atoms with E-state index in [1.165, 1.54) is 6.20 Å². The van der Waals surface area contributed by atoms with Crippen molar-refractivity contribution in [3.8, 4) is 0 Å². The molecule has 1 saturated heterocycles. The molecule has 1 unspecified atom stereocenters. The summed E-state index contributed by atoms with van der Waals surface area (Å²) in [6.45, 7) is 3.97. The van der Waals surface area contributed by atoms with Crippen LogP contribution in [0, 0.1) is 0 Å². The van der Waals surface area contributed by atoms with Gasteiger partial charge in [0.25, 0.3) is 0 Å². The first kappa shape index (κ1) is 15.8. The fraction of sp³-hybridized carbons (Fsp3) is 0.615. The average Bonchev–Trinajstić information content (AvgIpc) is 2.95. The molecule has 0 spiro atoms. The van der Waals surface area contributed by atoms with Crippen molar-refractivity contribution in [2.45, 2.75) is 39.3 Å². The first-order chi connectivity index (χ1) is 9.93. The lowest BCUT2D eigenvalue weighted by Gasteiger charge is -2.22. The van der Waals surface area contributed by atoms with Gasteiger partial charge in [-0.2, -0.15) is 0 Å². The highest BCUT2D eigenvalue weighted by molar-refractivity contribution is 7.89. The minimum absolute atomic E-state index is 0.0244. The van der Waals surface area contributed by atoms with E-state index in [4.69, 9.17) is 0 Å². The molecule has 1 fully saturated rings. The molecule has 1 N–H and O–H groups in total. The molecule has 1 amide bonds. The summed E-state index contributed by atoms with van der Waals surface area (Å²) in [7, 11) is -3.26. The van der Waals surface area contributed by atoms with Crippen molar-refractivity contribution in [3.63, 3.8) is 0 Å². The lowest BCUT2D eigenvalue weighted by molar-refractivity contribution is -0.129. The molecule has 0 saturated carbocycles. The summed E-state index contributed by atoms with van der Waals surface area (Å²) in [6.07, 6.45) is 4.98. The van der Waals surface area contributed by atoms with Crippen molar-refractivity contribution in [1.82, 2.24) is 19.6 Å². The minimum atomic E-state index is -3.26. The zero-order valence-corrected chi connectivity index (χ0v) is 13.1. The quantitative estimate of drug-likeness (QED) is 0.859. The van der Waals surface area contributed by atoms with Gasteiger partial charge in [0.15, 0.2) is 0 Å². The zero-order chi connectivity index (χ0) is 15.5. The molecule has 2 rings (SSSR count). The molecule has 7 nitrogen and oxygen atoms in total. The number of aromatic nitrogens is 2. The van der Waals surface area contributed by atoms with E-state index in [0.29, 0.717) is 5.69 Å². The Hall–Kier alpha value is -1.54. The molecule has 2 heterocycles. The van der Waals surface area contributed by atoms with Crippen LogP contribution in [0.15, 0.2) is 12.4 Å². The smallest absolute Gasteiger partial charge is 0.220 e. The molecule has 0 aromatic carbocycles. The van der Waals surface area contributed by atoms with Gasteiger partial charge in [0.1, 0.15) is 0 Å². The minimum Gasteiger partial charge on any atom is -0.334 e. The molecule has 1 aromatic heterocycles. The zero-order valence-electron chi connectivity index (χ0n) is 12.2. The molecule has 8 heteroatoms. The third kappa shape index (κ3) is 3.98. The van der Waals surface area contributed by atoms with E-state index in [9.17, 15) is 13.2 Å². The summed E-state index contributed by atoms with van der Waals surface area (Å²) in [4.78, 5) is 21.9. The Morgan fingerprint density at radius 3 is 2.90 bits per heavy atom. The molecular weight excluding hydrogens is 292 g/mol. The average molecular weight is 312 g/mol. The highest BCUT2D eigenvalue weighted by atomic mass is 32.2. The van der Waals surface area contributed by atoms with Crippen molar-refractivity contribution in [3.05, 3.63) is 23.8 Å². The van der Waals surface area contributed by atoms with Crippen molar-refractivity contribution in [2.24, 2.45) is 0 Å². The second kappa shape index (κ2) is 6.48. The van der Waals surface area contributed by atoms with Crippen LogP contribution in [0.2, 0.25) is 0 Å². The molecule has 1 aliphatic heterocycles. The van der Waals surface area contributed by atoms with Gasteiger partial charge in [0, 0.05) is 19.7 Å². The molecule has 0 radical (unpaired) electrons. The van der Waals surface area contributed by atoms with Crippen LogP contribution in [0.3, 0.4) is 0 Å². The number of sulfonamides is 1. The molecule has 1 aromatic rings. The van der Waals surface area contributed by atoms with Crippen LogP contribution in [-0.4, -0.2) is 41.5 Å². The third-order valence-corrected chi connectivity index (χ3v) is 4.90. The number of rotatable bonds is 5. The van der Waals surface area contributed by atoms with E-state index >= 15 is 0 Å². The van der Waals surface area contributed by atoms with Gasteiger partial charge in [-0.3, -0.25) is 14.8 Å². The molecule has 21 heavy (non-hydrogen) atoms. The first-order valence-corrected chi connectivity index (χ1v) is 8.63. The van der Waals surface area contributed by atoms with Crippen molar-refractivity contribution in [2.75, 3.05) is 12.3 Å². The standard InChI is InChI=1S/C13H20N4O3S/c1-3-21(19,20)15-8-11-7-14-9-12(16-11)13-5-4-6-17(13)10(2)18/h7,9,13,15H,3-6,8H2,1-2H3. The Bertz CT molecular complexity index is 618. The van der Waals surface area contributed by atoms with Gasteiger partial charge in [0.05, 0.1) is 35.9 Å². The van der Waals surface area contributed by atoms with Crippen LogP contribution in [0.5, 0.6) is 0 Å². The van der Waals surface area contributed by atoms with Crippen LogP contribution < -0.4 is 4.72 Å². The Morgan fingerprint density at radius 1 is 1.48 bits per heavy atom. The third-order valence-electron chi connectivity index (χ3n) is 3.55. The summed E-state index contributed by atoms with van der Waals surface area (Å²) in [6, 6.07) is -0.0577. The highest BCUT2D eigenvalue weighted by Gasteiger charge is 2.29. The van der Waals surface area contributed by atoms with Gasteiger partial charge < -0.3 is 4.90 Å². The van der Waals surface area contributed by atoms with E-state index in [1.54, 1.807) is 24.9 Å². The van der Waals surface area contributed by atoms with Crippen molar-refractivity contribution >= 4 is 15.9 Å². The molecule has 0 bridgehead atoms. The molecule has 1 aliphatic rings. The number of nitrogens with one attached hydrogen (secondary N) is 1. The lowest BCUT2D eigenvalue weighted by Crippen LogP contribution is -2.29. The number of hydrogen-bond donors (Lipinski definition) is 1. The topological polar surface area (TPSA) is 92.3 Å². The van der Waals surface area contributed by atoms with E-state index in [-0.39, 0.29) is 24.2 Å². The Kier molecular flexibility index (Phi) is 4.89. The van der Waals surface area contributed by atoms with Crippen LogP contribution in [0.4, 0.5) is 0 Å². The number of amides is 1. The summed E-state index contributed by atoms with van der Waals surface area (Å²) >= 11 is 0. The van der Waals surface area contributed by atoms with Crippen LogP contribution >= 0.6 is 0 Å². The molecule has 116 valence electrons. The Morgan fingerprint density at radius 2 is 2.24 bits per heavy atom. The lowest BCUT2D eigenvalue weighted by atomic mass is 10.1. The van der Waals surface area contributed by atoms with Crippen LogP contribution in [0.1, 0.15) is 44.1 Å². The number of carbonyl (C=O) groups is 1. The predicted molar refractivity (Wildman–Crippen MR) is 77.7 cm³/mol. The number of carbonyl (C=O) groups excluding carboxylic acids is 1. The predicted octanol–water partition coefficient (Wildman–Crippen LogP) is 0.599. The Balaban J connectivity index is 2.12. The van der Waals surface area contributed by atoms with Gasteiger partial charge in [-0.05, 0) is 19.8 Å². The van der Waals surface area contributed by atoms with Gasteiger partial charge in [-0.25, -0.2) is 13.1 Å². The number of likely N-dealkylation sites (tertiary alicyclic amines) is 1. The van der Waals surface area contributed by atoms with Gasteiger partial charge in [-0.1, -0.05) is 0 Å². The van der Waals surface area contributed by atoms with Crippen LogP contribution in [-0.2, 0) is 21.4 Å². The maximum absolute atomic E-state index is 11.6. The molecular formula is C13H20N4O3S. The summed E-state index contributed by atoms with van der Waals surface area (Å²) in [5.74, 6) is 0.0531. The Labute approximate surface area is 124 Å². The second-order valence-corrected chi connectivity index (χ2v) is 7.13. The fourth-order valence-corrected chi connectivity index (χ4v) is 2.98. The van der Waals surface area contributed by atoms with E-state index in [2.05, 4.69) is 14.7 Å². The van der Waals surface area contributed by atoms with E-state index in [1.807, 2.05) is 0 Å². The highest BCUT2D eigenvalue weighted by Crippen LogP contribution is 2.30. The van der Waals surface area contributed by atoms with Gasteiger partial charge in [0.2, 0.25) is 15.9 Å². The monoisotopic (exact) mass is 312 g/mol. The van der Waals surface area contributed by atoms with Crippen molar-refractivity contribution < 1.29 is 13.2 Å². The molecule has 0 aliphatic carbocycles. The fourth-order valence-electron chi connectivity index (χ4n) is 2.41. The maximum atomic E-state index is 11.6. The van der Waals surface area contributed by atoms with Gasteiger partial charge >= 0.3 is 0 Å². The normalized spacial score (nSPS) is 19.0. The van der Waals surface area contributed by atoms with E-state index in [0.717, 1.165) is 25.1 Å².